The molecule has 0 aliphatic heterocycles. The summed E-state index contributed by atoms with van der Waals surface area (Å²) in [6.45, 7) is 5.83. The molecule has 0 radical (unpaired) electrons. The Hall–Kier alpha value is -0.870. The van der Waals surface area contributed by atoms with Crippen molar-refractivity contribution in [3.63, 3.8) is 0 Å². The molecule has 4 heteroatoms. The fourth-order valence-electron chi connectivity index (χ4n) is 1.25. The highest BCUT2D eigenvalue weighted by Crippen LogP contribution is 2.23. The molecule has 3 nitrogen and oxygen atoms in total. The SMILES string of the molecule is Cc1ccc(Br)c(NC(=O)C(N)C(C)C)c1. The van der Waals surface area contributed by atoms with Crippen LogP contribution in [-0.2, 0) is 4.79 Å². The van der Waals surface area contributed by atoms with E-state index in [9.17, 15) is 4.79 Å². The van der Waals surface area contributed by atoms with Gasteiger partial charge in [-0.25, -0.2) is 0 Å². The lowest BCUT2D eigenvalue weighted by Gasteiger charge is -2.16. The fraction of sp³-hybridized carbons (Fsp3) is 0.417. The number of carbonyl (C=O) groups excluding carboxylic acids is 1. The maximum atomic E-state index is 11.8. The first-order valence-corrected chi connectivity index (χ1v) is 6.03. The van der Waals surface area contributed by atoms with Crippen LogP contribution in [0.3, 0.4) is 0 Å². The minimum absolute atomic E-state index is 0.128. The van der Waals surface area contributed by atoms with E-state index in [1.54, 1.807) is 0 Å². The van der Waals surface area contributed by atoms with E-state index < -0.39 is 6.04 Å². The Bertz CT molecular complexity index is 391. The van der Waals surface area contributed by atoms with Crippen LogP contribution in [0.1, 0.15) is 19.4 Å². The van der Waals surface area contributed by atoms with Crippen molar-refractivity contribution in [3.05, 3.63) is 28.2 Å². The molecule has 88 valence electrons. The van der Waals surface area contributed by atoms with Crippen molar-refractivity contribution in [3.8, 4) is 0 Å². The molecule has 0 aliphatic rings. The number of halogens is 1. The van der Waals surface area contributed by atoms with Gasteiger partial charge in [0.15, 0.2) is 0 Å². The van der Waals surface area contributed by atoms with Crippen LogP contribution in [0.2, 0.25) is 0 Å². The summed E-state index contributed by atoms with van der Waals surface area (Å²) < 4.78 is 0.863. The van der Waals surface area contributed by atoms with Gasteiger partial charge in [0.05, 0.1) is 11.7 Å². The number of hydrogen-bond acceptors (Lipinski definition) is 2. The minimum atomic E-state index is -0.479. The van der Waals surface area contributed by atoms with Crippen LogP contribution in [0.15, 0.2) is 22.7 Å². The van der Waals surface area contributed by atoms with Crippen LogP contribution in [0.25, 0.3) is 0 Å². The predicted octanol–water partition coefficient (Wildman–Crippen LogP) is 2.68. The largest absolute Gasteiger partial charge is 0.324 e. The Balaban J connectivity index is 2.80. The number of rotatable bonds is 3. The zero-order valence-corrected chi connectivity index (χ0v) is 11.3. The molecule has 1 unspecified atom stereocenters. The summed E-state index contributed by atoms with van der Waals surface area (Å²) in [5, 5.41) is 2.82. The van der Waals surface area contributed by atoms with Crippen molar-refractivity contribution >= 4 is 27.5 Å². The van der Waals surface area contributed by atoms with Gasteiger partial charge in [-0.15, -0.1) is 0 Å². The Labute approximate surface area is 105 Å². The third-order valence-corrected chi connectivity index (χ3v) is 3.09. The van der Waals surface area contributed by atoms with E-state index in [4.69, 9.17) is 5.73 Å². The Kier molecular flexibility index (Phi) is 4.50. The highest BCUT2D eigenvalue weighted by molar-refractivity contribution is 9.10. The number of aryl methyl sites for hydroxylation is 1. The molecule has 1 atom stereocenters. The molecule has 1 aromatic rings. The first-order valence-electron chi connectivity index (χ1n) is 5.24. The van der Waals surface area contributed by atoms with Crippen molar-refractivity contribution in [1.82, 2.24) is 0 Å². The second-order valence-corrected chi connectivity index (χ2v) is 5.10. The summed E-state index contributed by atoms with van der Waals surface area (Å²) in [6.07, 6.45) is 0. The monoisotopic (exact) mass is 284 g/mol. The number of carbonyl (C=O) groups is 1. The molecule has 0 heterocycles. The summed E-state index contributed by atoms with van der Waals surface area (Å²) in [5.74, 6) is -0.0233. The lowest BCUT2D eigenvalue weighted by Crippen LogP contribution is -2.39. The summed E-state index contributed by atoms with van der Waals surface area (Å²) in [4.78, 5) is 11.8. The number of anilines is 1. The van der Waals surface area contributed by atoms with E-state index in [1.165, 1.54) is 0 Å². The van der Waals surface area contributed by atoms with E-state index in [0.717, 1.165) is 15.7 Å². The number of amides is 1. The van der Waals surface area contributed by atoms with Crippen molar-refractivity contribution in [2.75, 3.05) is 5.32 Å². The van der Waals surface area contributed by atoms with Gasteiger partial charge in [0.2, 0.25) is 5.91 Å². The highest BCUT2D eigenvalue weighted by Gasteiger charge is 2.17. The molecule has 0 aromatic heterocycles. The maximum absolute atomic E-state index is 11.8. The van der Waals surface area contributed by atoms with E-state index in [1.807, 2.05) is 39.0 Å². The second kappa shape index (κ2) is 5.46. The molecule has 0 bridgehead atoms. The molecular formula is C12H17BrN2O. The molecular weight excluding hydrogens is 268 g/mol. The molecule has 3 N–H and O–H groups in total. The first kappa shape index (κ1) is 13.2. The zero-order valence-electron chi connectivity index (χ0n) is 9.75. The van der Waals surface area contributed by atoms with Crippen molar-refractivity contribution in [2.45, 2.75) is 26.8 Å². The highest BCUT2D eigenvalue weighted by atomic mass is 79.9. The topological polar surface area (TPSA) is 55.1 Å². The smallest absolute Gasteiger partial charge is 0.241 e. The van der Waals surface area contributed by atoms with Gasteiger partial charge in [-0.1, -0.05) is 19.9 Å². The van der Waals surface area contributed by atoms with Crippen LogP contribution in [0.5, 0.6) is 0 Å². The standard InChI is InChI=1S/C12H17BrN2O/c1-7(2)11(14)12(16)15-10-6-8(3)4-5-9(10)13/h4-7,11H,14H2,1-3H3,(H,15,16). The van der Waals surface area contributed by atoms with Gasteiger partial charge in [-0.05, 0) is 46.5 Å². The van der Waals surface area contributed by atoms with Crippen LogP contribution < -0.4 is 11.1 Å². The number of benzene rings is 1. The Morgan fingerprint density at radius 2 is 2.06 bits per heavy atom. The first-order chi connectivity index (χ1) is 7.41. The van der Waals surface area contributed by atoms with Crippen LogP contribution in [0, 0.1) is 12.8 Å². The van der Waals surface area contributed by atoms with E-state index in [0.29, 0.717) is 0 Å². The lowest BCUT2D eigenvalue weighted by molar-refractivity contribution is -0.118. The third kappa shape index (κ3) is 3.32. The van der Waals surface area contributed by atoms with Crippen LogP contribution >= 0.6 is 15.9 Å². The van der Waals surface area contributed by atoms with Gasteiger partial charge in [0.1, 0.15) is 0 Å². The maximum Gasteiger partial charge on any atom is 0.241 e. The van der Waals surface area contributed by atoms with Gasteiger partial charge >= 0.3 is 0 Å². The zero-order chi connectivity index (χ0) is 12.3. The summed E-state index contributed by atoms with van der Waals surface area (Å²) >= 11 is 3.39. The molecule has 0 spiro atoms. The van der Waals surface area contributed by atoms with Gasteiger partial charge < -0.3 is 11.1 Å². The molecule has 1 rings (SSSR count). The number of nitrogens with one attached hydrogen (secondary N) is 1. The third-order valence-electron chi connectivity index (χ3n) is 2.40. The summed E-state index contributed by atoms with van der Waals surface area (Å²) in [7, 11) is 0. The normalized spacial score (nSPS) is 12.6. The fourth-order valence-corrected chi connectivity index (χ4v) is 1.60. The minimum Gasteiger partial charge on any atom is -0.324 e. The van der Waals surface area contributed by atoms with Crippen molar-refractivity contribution in [1.29, 1.82) is 0 Å². The van der Waals surface area contributed by atoms with Gasteiger partial charge in [-0.3, -0.25) is 4.79 Å². The molecule has 0 fully saturated rings. The molecule has 1 aromatic carbocycles. The Morgan fingerprint density at radius 3 is 2.62 bits per heavy atom. The van der Waals surface area contributed by atoms with Crippen molar-refractivity contribution < 1.29 is 4.79 Å². The van der Waals surface area contributed by atoms with Gasteiger partial charge in [0.25, 0.3) is 0 Å². The van der Waals surface area contributed by atoms with E-state index in [-0.39, 0.29) is 11.8 Å². The molecule has 0 saturated heterocycles. The lowest BCUT2D eigenvalue weighted by atomic mass is 10.0. The summed E-state index contributed by atoms with van der Waals surface area (Å²) in [6, 6.07) is 5.32. The second-order valence-electron chi connectivity index (χ2n) is 4.24. The molecule has 0 aliphatic carbocycles. The van der Waals surface area contributed by atoms with E-state index in [2.05, 4.69) is 21.2 Å². The van der Waals surface area contributed by atoms with Crippen molar-refractivity contribution in [2.24, 2.45) is 11.7 Å². The van der Waals surface area contributed by atoms with Crippen LogP contribution in [-0.4, -0.2) is 11.9 Å². The van der Waals surface area contributed by atoms with E-state index >= 15 is 0 Å². The number of hydrogen-bond donors (Lipinski definition) is 2. The molecule has 16 heavy (non-hydrogen) atoms. The number of nitrogens with two attached hydrogens (primary N) is 1. The predicted molar refractivity (Wildman–Crippen MR) is 70.3 cm³/mol. The average molecular weight is 285 g/mol. The molecule has 0 saturated carbocycles. The molecule has 1 amide bonds. The van der Waals surface area contributed by atoms with Gasteiger partial charge in [-0.2, -0.15) is 0 Å². The quantitative estimate of drug-likeness (QED) is 0.897. The Morgan fingerprint density at radius 1 is 1.44 bits per heavy atom. The summed E-state index contributed by atoms with van der Waals surface area (Å²) in [5.41, 5.74) is 7.63. The van der Waals surface area contributed by atoms with Crippen LogP contribution in [0.4, 0.5) is 5.69 Å². The average Bonchev–Trinajstić information content (AvgIpc) is 2.22. The van der Waals surface area contributed by atoms with Gasteiger partial charge in [0, 0.05) is 4.47 Å².